The van der Waals surface area contributed by atoms with Crippen LogP contribution in [-0.4, -0.2) is 29.8 Å². The van der Waals surface area contributed by atoms with Crippen molar-refractivity contribution in [1.82, 2.24) is 10.2 Å². The highest BCUT2D eigenvalue weighted by atomic mass is 19.1. The molecule has 120 valence electrons. The summed E-state index contributed by atoms with van der Waals surface area (Å²) in [5, 5.41) is 2.77. The van der Waals surface area contributed by atoms with E-state index in [0.717, 1.165) is 31.2 Å². The number of amides is 2. The van der Waals surface area contributed by atoms with Gasteiger partial charge in [-0.15, -0.1) is 0 Å². The third kappa shape index (κ3) is 4.55. The molecule has 0 radical (unpaired) electrons. The zero-order valence-corrected chi connectivity index (χ0v) is 13.0. The Morgan fingerprint density at radius 1 is 1.23 bits per heavy atom. The van der Waals surface area contributed by atoms with Crippen LogP contribution in [-0.2, 0) is 16.1 Å². The highest BCUT2D eigenvalue weighted by Gasteiger charge is 2.27. The molecule has 0 heterocycles. The fourth-order valence-corrected chi connectivity index (χ4v) is 2.81. The maximum Gasteiger partial charge on any atom is 0.239 e. The zero-order chi connectivity index (χ0) is 15.9. The lowest BCUT2D eigenvalue weighted by Gasteiger charge is -2.23. The molecule has 0 spiro atoms. The van der Waals surface area contributed by atoms with Crippen LogP contribution in [0.15, 0.2) is 24.3 Å². The number of hydrogen-bond donors (Lipinski definition) is 1. The van der Waals surface area contributed by atoms with Crippen LogP contribution in [0.5, 0.6) is 0 Å². The third-order valence-corrected chi connectivity index (χ3v) is 4.14. The standard InChI is InChI=1S/C17H23FN2O2/c1-2-20(17(22)14-5-3-4-6-14)12-16(21)19-11-13-7-9-15(18)10-8-13/h7-10,14H,2-6,11-12H2,1H3,(H,19,21). The Morgan fingerprint density at radius 2 is 1.86 bits per heavy atom. The number of rotatable bonds is 6. The van der Waals surface area contributed by atoms with Gasteiger partial charge in [-0.05, 0) is 37.5 Å². The lowest BCUT2D eigenvalue weighted by Crippen LogP contribution is -2.42. The number of likely N-dealkylation sites (N-methyl/N-ethyl adjacent to an activating group) is 1. The smallest absolute Gasteiger partial charge is 0.239 e. The minimum atomic E-state index is -0.297. The van der Waals surface area contributed by atoms with Gasteiger partial charge in [0.1, 0.15) is 5.82 Å². The lowest BCUT2D eigenvalue weighted by atomic mass is 10.1. The molecule has 0 aromatic heterocycles. The summed E-state index contributed by atoms with van der Waals surface area (Å²) in [7, 11) is 0. The van der Waals surface area contributed by atoms with Crippen LogP contribution in [0.3, 0.4) is 0 Å². The summed E-state index contributed by atoms with van der Waals surface area (Å²) in [6, 6.07) is 6.00. The molecule has 1 N–H and O–H groups in total. The first-order valence-corrected chi connectivity index (χ1v) is 7.90. The topological polar surface area (TPSA) is 49.4 Å². The van der Waals surface area contributed by atoms with Crippen molar-refractivity contribution in [2.45, 2.75) is 39.2 Å². The molecule has 1 fully saturated rings. The number of halogens is 1. The van der Waals surface area contributed by atoms with Crippen LogP contribution < -0.4 is 5.32 Å². The molecular formula is C17H23FN2O2. The van der Waals surface area contributed by atoms with Gasteiger partial charge in [-0.2, -0.15) is 0 Å². The van der Waals surface area contributed by atoms with E-state index in [9.17, 15) is 14.0 Å². The predicted molar refractivity (Wildman–Crippen MR) is 82.5 cm³/mol. The molecule has 0 saturated heterocycles. The van der Waals surface area contributed by atoms with Crippen molar-refractivity contribution in [2.75, 3.05) is 13.1 Å². The van der Waals surface area contributed by atoms with Crippen LogP contribution >= 0.6 is 0 Å². The normalized spacial score (nSPS) is 14.8. The number of carbonyl (C=O) groups excluding carboxylic acids is 2. The van der Waals surface area contributed by atoms with Crippen molar-refractivity contribution in [3.05, 3.63) is 35.6 Å². The number of hydrogen-bond acceptors (Lipinski definition) is 2. The Bertz CT molecular complexity index is 510. The molecule has 0 atom stereocenters. The summed E-state index contributed by atoms with van der Waals surface area (Å²) in [6.07, 6.45) is 4.08. The summed E-state index contributed by atoms with van der Waals surface area (Å²) in [4.78, 5) is 25.9. The second kappa shape index (κ2) is 7.92. The molecule has 2 rings (SSSR count). The van der Waals surface area contributed by atoms with Gasteiger partial charge in [0.2, 0.25) is 11.8 Å². The van der Waals surface area contributed by atoms with E-state index >= 15 is 0 Å². The molecule has 0 unspecified atom stereocenters. The number of nitrogens with zero attached hydrogens (tertiary/aromatic N) is 1. The van der Waals surface area contributed by atoms with Crippen molar-refractivity contribution < 1.29 is 14.0 Å². The monoisotopic (exact) mass is 306 g/mol. The van der Waals surface area contributed by atoms with Gasteiger partial charge < -0.3 is 10.2 Å². The largest absolute Gasteiger partial charge is 0.350 e. The molecule has 1 aromatic carbocycles. The van der Waals surface area contributed by atoms with Gasteiger partial charge in [-0.25, -0.2) is 4.39 Å². The van der Waals surface area contributed by atoms with E-state index < -0.39 is 0 Å². The Kier molecular flexibility index (Phi) is 5.92. The highest BCUT2D eigenvalue weighted by Crippen LogP contribution is 2.26. The summed E-state index contributed by atoms with van der Waals surface area (Å²) in [5.41, 5.74) is 0.833. The maximum absolute atomic E-state index is 12.8. The summed E-state index contributed by atoms with van der Waals surface area (Å²) < 4.78 is 12.8. The number of nitrogens with one attached hydrogen (secondary N) is 1. The predicted octanol–water partition coefficient (Wildman–Crippen LogP) is 2.48. The quantitative estimate of drug-likeness (QED) is 0.878. The van der Waals surface area contributed by atoms with Crippen molar-refractivity contribution in [1.29, 1.82) is 0 Å². The fourth-order valence-electron chi connectivity index (χ4n) is 2.81. The Hall–Kier alpha value is -1.91. The molecule has 1 aliphatic carbocycles. The Labute approximate surface area is 130 Å². The molecule has 1 saturated carbocycles. The Morgan fingerprint density at radius 3 is 2.45 bits per heavy atom. The first kappa shape index (κ1) is 16.5. The third-order valence-electron chi connectivity index (χ3n) is 4.14. The lowest BCUT2D eigenvalue weighted by molar-refractivity contribution is -0.139. The van der Waals surface area contributed by atoms with E-state index in [-0.39, 0.29) is 30.1 Å². The van der Waals surface area contributed by atoms with E-state index in [1.165, 1.54) is 12.1 Å². The van der Waals surface area contributed by atoms with E-state index in [4.69, 9.17) is 0 Å². The van der Waals surface area contributed by atoms with Crippen LogP contribution in [0.2, 0.25) is 0 Å². The second-order valence-electron chi connectivity index (χ2n) is 5.74. The second-order valence-corrected chi connectivity index (χ2v) is 5.74. The van der Waals surface area contributed by atoms with Gasteiger partial charge in [0, 0.05) is 19.0 Å². The maximum atomic E-state index is 12.8. The molecule has 0 bridgehead atoms. The summed E-state index contributed by atoms with van der Waals surface area (Å²) in [5.74, 6) is -0.298. The molecule has 5 heteroatoms. The molecule has 22 heavy (non-hydrogen) atoms. The molecule has 0 aliphatic heterocycles. The molecule has 1 aromatic rings. The van der Waals surface area contributed by atoms with Crippen LogP contribution in [0.1, 0.15) is 38.2 Å². The molecule has 2 amide bonds. The molecular weight excluding hydrogens is 283 g/mol. The van der Waals surface area contributed by atoms with Gasteiger partial charge >= 0.3 is 0 Å². The first-order valence-electron chi connectivity index (χ1n) is 7.90. The first-order chi connectivity index (χ1) is 10.6. The van der Waals surface area contributed by atoms with Crippen molar-refractivity contribution in [3.63, 3.8) is 0 Å². The highest BCUT2D eigenvalue weighted by molar-refractivity contribution is 5.86. The molecule has 1 aliphatic rings. The van der Waals surface area contributed by atoms with Crippen molar-refractivity contribution in [2.24, 2.45) is 5.92 Å². The van der Waals surface area contributed by atoms with E-state index in [0.29, 0.717) is 13.1 Å². The average Bonchev–Trinajstić information content (AvgIpc) is 3.06. The minimum Gasteiger partial charge on any atom is -0.350 e. The van der Waals surface area contributed by atoms with Gasteiger partial charge in [-0.3, -0.25) is 9.59 Å². The van der Waals surface area contributed by atoms with Crippen molar-refractivity contribution >= 4 is 11.8 Å². The SMILES string of the molecule is CCN(CC(=O)NCc1ccc(F)cc1)C(=O)C1CCCC1. The van der Waals surface area contributed by atoms with E-state index in [1.54, 1.807) is 17.0 Å². The number of benzene rings is 1. The molecule has 4 nitrogen and oxygen atoms in total. The summed E-state index contributed by atoms with van der Waals surface area (Å²) in [6.45, 7) is 2.86. The number of carbonyl (C=O) groups is 2. The zero-order valence-electron chi connectivity index (χ0n) is 13.0. The van der Waals surface area contributed by atoms with Crippen LogP contribution in [0, 0.1) is 11.7 Å². The van der Waals surface area contributed by atoms with Crippen LogP contribution in [0.4, 0.5) is 4.39 Å². The van der Waals surface area contributed by atoms with Crippen molar-refractivity contribution in [3.8, 4) is 0 Å². The van der Waals surface area contributed by atoms with Gasteiger partial charge in [-0.1, -0.05) is 25.0 Å². The van der Waals surface area contributed by atoms with Gasteiger partial charge in [0.25, 0.3) is 0 Å². The summed E-state index contributed by atoms with van der Waals surface area (Å²) >= 11 is 0. The average molecular weight is 306 g/mol. The van der Waals surface area contributed by atoms with E-state index in [1.807, 2.05) is 6.92 Å². The van der Waals surface area contributed by atoms with Crippen LogP contribution in [0.25, 0.3) is 0 Å². The fraction of sp³-hybridized carbons (Fsp3) is 0.529. The van der Waals surface area contributed by atoms with E-state index in [2.05, 4.69) is 5.32 Å². The Balaban J connectivity index is 1.81. The van der Waals surface area contributed by atoms with Gasteiger partial charge in [0.15, 0.2) is 0 Å². The van der Waals surface area contributed by atoms with Gasteiger partial charge in [0.05, 0.1) is 6.54 Å². The minimum absolute atomic E-state index is 0.0878.